The highest BCUT2D eigenvalue weighted by Crippen LogP contribution is 2.31. The summed E-state index contributed by atoms with van der Waals surface area (Å²) in [5.41, 5.74) is 5.97. The van der Waals surface area contributed by atoms with Crippen molar-refractivity contribution in [3.63, 3.8) is 0 Å². The summed E-state index contributed by atoms with van der Waals surface area (Å²) >= 11 is 5.89. The van der Waals surface area contributed by atoms with Gasteiger partial charge in [0, 0.05) is 24.2 Å². The van der Waals surface area contributed by atoms with Crippen molar-refractivity contribution >= 4 is 17.6 Å². The van der Waals surface area contributed by atoms with Gasteiger partial charge in [0.05, 0.1) is 0 Å². The number of hydrogen-bond acceptors (Lipinski definition) is 3. The number of carboxylic acid groups (broad SMARTS) is 1. The molecule has 0 bridgehead atoms. The number of hydrogen-bond donors (Lipinski definition) is 2. The molecule has 0 spiro atoms. The largest absolute Gasteiger partial charge is 0.480 e. The van der Waals surface area contributed by atoms with E-state index in [1.165, 1.54) is 0 Å². The van der Waals surface area contributed by atoms with Gasteiger partial charge in [0.2, 0.25) is 0 Å². The molecule has 3 N–H and O–H groups in total. The quantitative estimate of drug-likeness (QED) is 0.889. The van der Waals surface area contributed by atoms with Crippen molar-refractivity contribution in [2.24, 2.45) is 5.73 Å². The van der Waals surface area contributed by atoms with Gasteiger partial charge in [-0.2, -0.15) is 0 Å². The topological polar surface area (TPSA) is 66.6 Å². The van der Waals surface area contributed by atoms with Crippen molar-refractivity contribution in [1.29, 1.82) is 0 Å². The number of benzene rings is 1. The second-order valence-electron chi connectivity index (χ2n) is 5.16. The SMILES string of the molecule is CCC(c1ccc(Cl)cc1)N1CCC(N)(C(=O)O)C1. The Morgan fingerprint density at radius 1 is 1.53 bits per heavy atom. The van der Waals surface area contributed by atoms with Crippen LogP contribution in [0.2, 0.25) is 5.02 Å². The normalized spacial score (nSPS) is 25.4. The third-order valence-electron chi connectivity index (χ3n) is 3.84. The maximum absolute atomic E-state index is 11.2. The lowest BCUT2D eigenvalue weighted by atomic mass is 10.00. The minimum atomic E-state index is -1.11. The molecule has 1 saturated heterocycles. The maximum atomic E-state index is 11.2. The standard InChI is InChI=1S/C14H19ClN2O2/c1-2-12(10-3-5-11(15)6-4-10)17-8-7-14(16,9-17)13(18)19/h3-6,12H,2,7-9,16H2,1H3,(H,18,19). The van der Waals surface area contributed by atoms with Crippen LogP contribution in [0.15, 0.2) is 24.3 Å². The molecule has 0 radical (unpaired) electrons. The summed E-state index contributed by atoms with van der Waals surface area (Å²) in [5.74, 6) is -0.916. The maximum Gasteiger partial charge on any atom is 0.325 e. The van der Waals surface area contributed by atoms with E-state index in [1.54, 1.807) is 0 Å². The highest BCUT2D eigenvalue weighted by atomic mass is 35.5. The van der Waals surface area contributed by atoms with Crippen LogP contribution in [0.3, 0.4) is 0 Å². The number of halogens is 1. The Morgan fingerprint density at radius 2 is 2.16 bits per heavy atom. The monoisotopic (exact) mass is 282 g/mol. The summed E-state index contributed by atoms with van der Waals surface area (Å²) in [5, 5.41) is 9.89. The van der Waals surface area contributed by atoms with E-state index in [0.717, 1.165) is 12.0 Å². The molecule has 1 aliphatic rings. The molecule has 2 unspecified atom stereocenters. The van der Waals surface area contributed by atoms with Crippen molar-refractivity contribution in [3.05, 3.63) is 34.9 Å². The first kappa shape index (κ1) is 14.3. The van der Waals surface area contributed by atoms with Crippen LogP contribution in [0.1, 0.15) is 31.4 Å². The predicted octanol–water partition coefficient (Wildman–Crippen LogP) is 2.28. The van der Waals surface area contributed by atoms with Gasteiger partial charge in [0.15, 0.2) is 0 Å². The Labute approximate surface area is 118 Å². The molecular formula is C14H19ClN2O2. The molecule has 0 saturated carbocycles. The molecule has 4 nitrogen and oxygen atoms in total. The van der Waals surface area contributed by atoms with Crippen LogP contribution in [0.4, 0.5) is 0 Å². The Bertz CT molecular complexity index is 463. The molecule has 104 valence electrons. The van der Waals surface area contributed by atoms with E-state index in [4.69, 9.17) is 17.3 Å². The molecule has 2 rings (SSSR count). The molecule has 1 aromatic rings. The fourth-order valence-corrected chi connectivity index (χ4v) is 2.82. The van der Waals surface area contributed by atoms with Gasteiger partial charge in [-0.3, -0.25) is 9.69 Å². The summed E-state index contributed by atoms with van der Waals surface area (Å²) < 4.78 is 0. The smallest absolute Gasteiger partial charge is 0.325 e. The minimum Gasteiger partial charge on any atom is -0.480 e. The van der Waals surface area contributed by atoms with Gasteiger partial charge < -0.3 is 10.8 Å². The van der Waals surface area contributed by atoms with Crippen LogP contribution < -0.4 is 5.73 Å². The summed E-state index contributed by atoms with van der Waals surface area (Å²) in [6.45, 7) is 3.20. The van der Waals surface area contributed by atoms with Gasteiger partial charge in [0.1, 0.15) is 5.54 Å². The van der Waals surface area contributed by atoms with E-state index < -0.39 is 11.5 Å². The Hall–Kier alpha value is -1.10. The zero-order valence-electron chi connectivity index (χ0n) is 11.0. The van der Waals surface area contributed by atoms with Gasteiger partial charge in [0.25, 0.3) is 0 Å². The van der Waals surface area contributed by atoms with Crippen LogP contribution in [0.25, 0.3) is 0 Å². The fourth-order valence-electron chi connectivity index (χ4n) is 2.69. The number of carboxylic acids is 1. The van der Waals surface area contributed by atoms with Gasteiger partial charge in [-0.1, -0.05) is 30.7 Å². The summed E-state index contributed by atoms with van der Waals surface area (Å²) in [4.78, 5) is 13.3. The van der Waals surface area contributed by atoms with E-state index >= 15 is 0 Å². The molecule has 1 aromatic carbocycles. The second-order valence-corrected chi connectivity index (χ2v) is 5.59. The lowest BCUT2D eigenvalue weighted by Crippen LogP contribution is -2.50. The van der Waals surface area contributed by atoms with Gasteiger partial charge >= 0.3 is 5.97 Å². The highest BCUT2D eigenvalue weighted by molar-refractivity contribution is 6.30. The molecule has 0 aromatic heterocycles. The molecule has 1 aliphatic heterocycles. The Morgan fingerprint density at radius 3 is 2.63 bits per heavy atom. The lowest BCUT2D eigenvalue weighted by Gasteiger charge is -2.28. The molecule has 19 heavy (non-hydrogen) atoms. The van der Waals surface area contributed by atoms with Crippen molar-refractivity contribution in [2.45, 2.75) is 31.3 Å². The third kappa shape index (κ3) is 2.91. The molecule has 0 amide bonds. The molecule has 0 aliphatic carbocycles. The Kier molecular flexibility index (Phi) is 4.13. The second kappa shape index (κ2) is 5.49. The van der Waals surface area contributed by atoms with Crippen LogP contribution >= 0.6 is 11.6 Å². The average Bonchev–Trinajstić information content (AvgIpc) is 2.77. The highest BCUT2D eigenvalue weighted by Gasteiger charge is 2.43. The first-order valence-corrected chi connectivity index (χ1v) is 6.86. The van der Waals surface area contributed by atoms with Crippen molar-refractivity contribution in [3.8, 4) is 0 Å². The minimum absolute atomic E-state index is 0.196. The summed E-state index contributed by atoms with van der Waals surface area (Å²) in [6.07, 6.45) is 1.41. The number of nitrogens with two attached hydrogens (primary N) is 1. The van der Waals surface area contributed by atoms with Gasteiger partial charge in [-0.15, -0.1) is 0 Å². The third-order valence-corrected chi connectivity index (χ3v) is 4.09. The van der Waals surface area contributed by atoms with Crippen LogP contribution in [0, 0.1) is 0 Å². The van der Waals surface area contributed by atoms with Crippen molar-refractivity contribution in [2.75, 3.05) is 13.1 Å². The molecule has 1 fully saturated rings. The van der Waals surface area contributed by atoms with E-state index in [1.807, 2.05) is 24.3 Å². The lowest BCUT2D eigenvalue weighted by molar-refractivity contribution is -0.142. The average molecular weight is 283 g/mol. The molecule has 1 heterocycles. The zero-order valence-corrected chi connectivity index (χ0v) is 11.7. The van der Waals surface area contributed by atoms with Crippen molar-refractivity contribution < 1.29 is 9.90 Å². The Balaban J connectivity index is 2.16. The predicted molar refractivity (Wildman–Crippen MR) is 75.2 cm³/mol. The first-order valence-electron chi connectivity index (χ1n) is 6.48. The van der Waals surface area contributed by atoms with Crippen LogP contribution in [0.5, 0.6) is 0 Å². The summed E-state index contributed by atoms with van der Waals surface area (Å²) in [7, 11) is 0. The van der Waals surface area contributed by atoms with Gasteiger partial charge in [-0.05, 0) is 30.5 Å². The van der Waals surface area contributed by atoms with Crippen LogP contribution in [-0.2, 0) is 4.79 Å². The van der Waals surface area contributed by atoms with Crippen LogP contribution in [-0.4, -0.2) is 34.6 Å². The van der Waals surface area contributed by atoms with E-state index in [-0.39, 0.29) is 6.04 Å². The first-order chi connectivity index (χ1) is 8.96. The zero-order chi connectivity index (χ0) is 14.0. The fraction of sp³-hybridized carbons (Fsp3) is 0.500. The van der Waals surface area contributed by atoms with E-state index in [2.05, 4.69) is 11.8 Å². The number of nitrogens with zero attached hydrogens (tertiary/aromatic N) is 1. The van der Waals surface area contributed by atoms with Crippen molar-refractivity contribution in [1.82, 2.24) is 4.90 Å². The molecule has 2 atom stereocenters. The van der Waals surface area contributed by atoms with E-state index in [9.17, 15) is 9.90 Å². The van der Waals surface area contributed by atoms with E-state index in [0.29, 0.717) is 24.5 Å². The molecular weight excluding hydrogens is 264 g/mol. The number of carbonyl (C=O) groups is 1. The number of aliphatic carboxylic acids is 1. The number of likely N-dealkylation sites (tertiary alicyclic amines) is 1. The van der Waals surface area contributed by atoms with Gasteiger partial charge in [-0.25, -0.2) is 0 Å². The number of rotatable bonds is 4. The molecule has 5 heteroatoms. The summed E-state index contributed by atoms with van der Waals surface area (Å²) in [6, 6.07) is 7.91.